The van der Waals surface area contributed by atoms with E-state index >= 15 is 0 Å². The SMILES string of the molecule is COC(=O)NC(C)C(=O)NCc1cc2n(n1)CCCN(C(=O)C1CCC1)C2. The van der Waals surface area contributed by atoms with Crippen LogP contribution >= 0.6 is 0 Å². The normalized spacial score (nSPS) is 17.9. The standard InChI is InChI=1S/C18H27N5O4/c1-12(20-18(26)27-2)16(24)19-10-14-9-15-11-22(7-4-8-23(15)21-14)17(25)13-5-3-6-13/h9,12-13H,3-8,10-11H2,1-2H3,(H,19,24)(H,20,26). The van der Waals surface area contributed by atoms with Gasteiger partial charge < -0.3 is 20.3 Å². The molecule has 1 aliphatic heterocycles. The van der Waals surface area contributed by atoms with Crippen molar-refractivity contribution in [3.63, 3.8) is 0 Å². The van der Waals surface area contributed by atoms with Gasteiger partial charge in [-0.15, -0.1) is 0 Å². The Hall–Kier alpha value is -2.58. The second kappa shape index (κ2) is 8.41. The van der Waals surface area contributed by atoms with Gasteiger partial charge in [-0.1, -0.05) is 6.42 Å². The Balaban J connectivity index is 1.56. The third kappa shape index (κ3) is 4.58. The van der Waals surface area contributed by atoms with Gasteiger partial charge >= 0.3 is 6.09 Å². The minimum atomic E-state index is -0.700. The molecule has 9 nitrogen and oxygen atoms in total. The van der Waals surface area contributed by atoms with Gasteiger partial charge in [0.2, 0.25) is 11.8 Å². The van der Waals surface area contributed by atoms with E-state index in [0.29, 0.717) is 6.54 Å². The first-order valence-electron chi connectivity index (χ1n) is 9.44. The summed E-state index contributed by atoms with van der Waals surface area (Å²) < 4.78 is 6.40. The van der Waals surface area contributed by atoms with Crippen molar-refractivity contribution in [3.8, 4) is 0 Å². The molecule has 9 heteroatoms. The number of hydrogen-bond donors (Lipinski definition) is 2. The van der Waals surface area contributed by atoms with Gasteiger partial charge in [0.25, 0.3) is 0 Å². The summed E-state index contributed by atoms with van der Waals surface area (Å²) >= 11 is 0. The summed E-state index contributed by atoms with van der Waals surface area (Å²) in [6.45, 7) is 3.94. The highest BCUT2D eigenvalue weighted by molar-refractivity contribution is 5.85. The van der Waals surface area contributed by atoms with Crippen LogP contribution in [-0.2, 0) is 34.0 Å². The van der Waals surface area contributed by atoms with Crippen LogP contribution in [0.3, 0.4) is 0 Å². The number of hydrogen-bond acceptors (Lipinski definition) is 5. The number of nitrogens with zero attached hydrogens (tertiary/aromatic N) is 3. The molecule has 3 rings (SSSR count). The summed E-state index contributed by atoms with van der Waals surface area (Å²) in [6.07, 6.45) is 3.38. The smallest absolute Gasteiger partial charge is 0.407 e. The number of fused-ring (bicyclic) bond motifs is 1. The highest BCUT2D eigenvalue weighted by Gasteiger charge is 2.30. The minimum Gasteiger partial charge on any atom is -0.453 e. The molecule has 1 aliphatic carbocycles. The highest BCUT2D eigenvalue weighted by Crippen LogP contribution is 2.29. The highest BCUT2D eigenvalue weighted by atomic mass is 16.5. The van der Waals surface area contributed by atoms with Crippen molar-refractivity contribution in [1.82, 2.24) is 25.3 Å². The summed E-state index contributed by atoms with van der Waals surface area (Å²) in [4.78, 5) is 37.7. The summed E-state index contributed by atoms with van der Waals surface area (Å²) in [5.74, 6) is 0.140. The fraction of sp³-hybridized carbons (Fsp3) is 0.667. The molecule has 1 fully saturated rings. The first kappa shape index (κ1) is 19.2. The molecule has 0 spiro atoms. The van der Waals surface area contributed by atoms with Gasteiger partial charge in [-0.3, -0.25) is 14.3 Å². The summed E-state index contributed by atoms with van der Waals surface area (Å²) in [5.41, 5.74) is 1.73. The zero-order chi connectivity index (χ0) is 19.4. The largest absolute Gasteiger partial charge is 0.453 e. The van der Waals surface area contributed by atoms with Gasteiger partial charge in [0, 0.05) is 19.0 Å². The zero-order valence-electron chi connectivity index (χ0n) is 15.9. The Morgan fingerprint density at radius 1 is 1.30 bits per heavy atom. The number of rotatable bonds is 5. The third-order valence-electron chi connectivity index (χ3n) is 5.19. The van der Waals surface area contributed by atoms with Gasteiger partial charge in [-0.2, -0.15) is 5.10 Å². The van der Waals surface area contributed by atoms with E-state index in [1.807, 2.05) is 15.6 Å². The van der Waals surface area contributed by atoms with Crippen LogP contribution < -0.4 is 10.6 Å². The Kier molecular flexibility index (Phi) is 5.98. The van der Waals surface area contributed by atoms with Gasteiger partial charge in [0.05, 0.1) is 31.6 Å². The second-order valence-electron chi connectivity index (χ2n) is 7.17. The monoisotopic (exact) mass is 377 g/mol. The van der Waals surface area contributed by atoms with Crippen LogP contribution in [-0.4, -0.2) is 52.3 Å². The quantitative estimate of drug-likeness (QED) is 0.789. The molecule has 27 heavy (non-hydrogen) atoms. The fourth-order valence-corrected chi connectivity index (χ4v) is 3.34. The van der Waals surface area contributed by atoms with Crippen molar-refractivity contribution in [3.05, 3.63) is 17.5 Å². The molecule has 1 aromatic rings. The van der Waals surface area contributed by atoms with E-state index in [2.05, 4.69) is 20.5 Å². The maximum Gasteiger partial charge on any atom is 0.407 e. The molecule has 1 aromatic heterocycles. The number of alkyl carbamates (subject to hydrolysis) is 1. The number of methoxy groups -OCH3 is 1. The molecular formula is C18H27N5O4. The predicted molar refractivity (Wildman–Crippen MR) is 96.5 cm³/mol. The Labute approximate surface area is 158 Å². The van der Waals surface area contributed by atoms with Crippen LogP contribution in [0.4, 0.5) is 4.79 Å². The lowest BCUT2D eigenvalue weighted by Crippen LogP contribution is -2.44. The van der Waals surface area contributed by atoms with Gasteiger partial charge in [0.15, 0.2) is 0 Å². The van der Waals surface area contributed by atoms with Gasteiger partial charge in [-0.25, -0.2) is 4.79 Å². The van der Waals surface area contributed by atoms with Crippen LogP contribution in [0.2, 0.25) is 0 Å². The zero-order valence-corrected chi connectivity index (χ0v) is 15.9. The van der Waals surface area contributed by atoms with Crippen LogP contribution in [0.25, 0.3) is 0 Å². The number of carbonyl (C=O) groups excluding carboxylic acids is 3. The predicted octanol–water partition coefficient (Wildman–Crippen LogP) is 0.776. The lowest BCUT2D eigenvalue weighted by atomic mass is 9.84. The average molecular weight is 377 g/mol. The molecule has 0 aromatic carbocycles. The van der Waals surface area contributed by atoms with Gasteiger partial charge in [0.1, 0.15) is 6.04 Å². The van der Waals surface area contributed by atoms with Crippen molar-refractivity contribution >= 4 is 17.9 Å². The maximum atomic E-state index is 12.5. The van der Waals surface area contributed by atoms with E-state index in [-0.39, 0.29) is 24.3 Å². The van der Waals surface area contributed by atoms with Crippen LogP contribution in [0, 0.1) is 5.92 Å². The molecule has 1 saturated carbocycles. The van der Waals surface area contributed by atoms with E-state index in [0.717, 1.165) is 50.2 Å². The van der Waals surface area contributed by atoms with Crippen molar-refractivity contribution < 1.29 is 19.1 Å². The van der Waals surface area contributed by atoms with Crippen LogP contribution in [0.1, 0.15) is 44.0 Å². The minimum absolute atomic E-state index is 0.196. The maximum absolute atomic E-state index is 12.5. The van der Waals surface area contributed by atoms with Crippen molar-refractivity contribution in [2.75, 3.05) is 13.7 Å². The van der Waals surface area contributed by atoms with E-state index in [4.69, 9.17) is 0 Å². The molecule has 0 radical (unpaired) electrons. The summed E-state index contributed by atoms with van der Waals surface area (Å²) in [5, 5.41) is 9.72. The molecule has 3 amide bonds. The molecule has 2 heterocycles. The van der Waals surface area contributed by atoms with Gasteiger partial charge in [-0.05, 0) is 32.3 Å². The third-order valence-corrected chi connectivity index (χ3v) is 5.19. The number of ether oxygens (including phenoxy) is 1. The molecule has 1 atom stereocenters. The molecule has 148 valence electrons. The molecule has 0 bridgehead atoms. The summed E-state index contributed by atoms with van der Waals surface area (Å²) in [7, 11) is 1.25. The topological polar surface area (TPSA) is 106 Å². The van der Waals surface area contributed by atoms with E-state index in [9.17, 15) is 14.4 Å². The average Bonchev–Trinajstić information content (AvgIpc) is 2.87. The Bertz CT molecular complexity index is 713. The second-order valence-corrected chi connectivity index (χ2v) is 7.17. The number of aromatic nitrogens is 2. The molecule has 2 N–H and O–H groups in total. The number of carbonyl (C=O) groups is 3. The molecular weight excluding hydrogens is 350 g/mol. The first-order chi connectivity index (χ1) is 13.0. The lowest BCUT2D eigenvalue weighted by molar-refractivity contribution is -0.138. The van der Waals surface area contributed by atoms with Crippen LogP contribution in [0.5, 0.6) is 0 Å². The Morgan fingerprint density at radius 3 is 2.74 bits per heavy atom. The molecule has 2 aliphatic rings. The number of aryl methyl sites for hydroxylation is 1. The number of nitrogens with one attached hydrogen (secondary N) is 2. The van der Waals surface area contributed by atoms with Crippen molar-refractivity contribution in [1.29, 1.82) is 0 Å². The van der Waals surface area contributed by atoms with E-state index in [1.54, 1.807) is 6.92 Å². The Morgan fingerprint density at radius 2 is 2.07 bits per heavy atom. The first-order valence-corrected chi connectivity index (χ1v) is 9.44. The molecule has 0 saturated heterocycles. The molecule has 1 unspecified atom stereocenters. The van der Waals surface area contributed by atoms with E-state index in [1.165, 1.54) is 7.11 Å². The number of amides is 3. The lowest BCUT2D eigenvalue weighted by Gasteiger charge is -2.30. The van der Waals surface area contributed by atoms with Crippen LogP contribution in [0.15, 0.2) is 6.07 Å². The summed E-state index contributed by atoms with van der Waals surface area (Å²) in [6, 6.07) is 1.24. The van der Waals surface area contributed by atoms with Crippen molar-refractivity contribution in [2.24, 2.45) is 5.92 Å². The fourth-order valence-electron chi connectivity index (χ4n) is 3.34. The van der Waals surface area contributed by atoms with Crippen molar-refractivity contribution in [2.45, 2.75) is 58.3 Å². The van der Waals surface area contributed by atoms with E-state index < -0.39 is 12.1 Å².